The zero-order valence-electron chi connectivity index (χ0n) is 69.4. The number of amides is 3. The highest BCUT2D eigenvalue weighted by atomic mass is 35.5. The second-order valence-electron chi connectivity index (χ2n) is 28.1. The predicted molar refractivity (Wildman–Crippen MR) is 495 cm³/mol. The van der Waals surface area contributed by atoms with E-state index in [4.69, 9.17) is 97.2 Å². The number of aliphatic hydroxyl groups excluding tert-OH is 3. The van der Waals surface area contributed by atoms with E-state index in [0.717, 1.165) is 30.5 Å². The molecular weight excluding hydrogens is 1870 g/mol. The average Bonchev–Trinajstić information content (AvgIpc) is 1.60. The number of carboxylic acid groups (broad SMARTS) is 2. The maximum atomic E-state index is 13.5. The molecule has 0 saturated carbocycles. The normalized spacial score (nSPS) is 16.9. The van der Waals surface area contributed by atoms with Gasteiger partial charge < -0.3 is 68.2 Å². The number of anilines is 3. The molecule has 3 amide bonds. The highest BCUT2D eigenvalue weighted by Gasteiger charge is 2.52. The first-order chi connectivity index (χ1) is 63.3. The van der Waals surface area contributed by atoms with Crippen molar-refractivity contribution >= 4 is 184 Å². The van der Waals surface area contributed by atoms with E-state index in [1.54, 1.807) is 149 Å². The van der Waals surface area contributed by atoms with Crippen LogP contribution in [0.2, 0.25) is 15.1 Å². The number of methoxy groups -OCH3 is 3. The minimum atomic E-state index is -0.955. The molecule has 3 fully saturated rings. The Bertz CT molecular complexity index is 5830. The van der Waals surface area contributed by atoms with Gasteiger partial charge in [-0.1, -0.05) is 195 Å². The predicted octanol–water partition coefficient (Wildman–Crippen LogP) is 17.9. The average molecular weight is 1940 g/mol. The standard InChI is InChI=1S/3C29H22ClN3O6S2.2C2H4O2/c3*1-37-19-9-6-16(7-10-19)24-23(25(34)17-8-11-21-22(14-17)39-13-12-38-21)26(35)27(36)33(24)28-31-32-29(41-28)40-15-18-4-2-3-5-20(18)30;2*1-2(3)4/h3*2-11,14,24,34H,12-13,15H2,1H3;2*1H3,(H,3,4)/b3*25-23+;;. The summed E-state index contributed by atoms with van der Waals surface area (Å²) in [6.07, 6.45) is 0. The molecule has 0 radical (unpaired) electrons. The highest BCUT2D eigenvalue weighted by Crippen LogP contribution is 2.51. The number of hydrogen-bond donors (Lipinski definition) is 5. The minimum Gasteiger partial charge on any atom is -0.507 e. The van der Waals surface area contributed by atoms with Crippen molar-refractivity contribution in [1.29, 1.82) is 0 Å². The number of carbonyl (C=O) groups excluding carboxylic acids is 6. The van der Waals surface area contributed by atoms with Crippen LogP contribution in [-0.4, -0.2) is 164 Å². The van der Waals surface area contributed by atoms with Crippen molar-refractivity contribution in [3.8, 4) is 51.7 Å². The van der Waals surface area contributed by atoms with E-state index in [1.807, 2.05) is 72.8 Å². The summed E-state index contributed by atoms with van der Waals surface area (Å²) in [7, 11) is 4.64. The number of carboxylic acids is 2. The molecule has 9 heterocycles. The number of aliphatic carboxylic acids is 2. The summed E-state index contributed by atoms with van der Waals surface area (Å²) in [4.78, 5) is 103. The molecule has 6 aliphatic rings. The van der Waals surface area contributed by atoms with Crippen molar-refractivity contribution in [2.45, 2.75) is 62.3 Å². The van der Waals surface area contributed by atoms with Gasteiger partial charge in [0.25, 0.3) is 29.3 Å². The van der Waals surface area contributed by atoms with Crippen molar-refractivity contribution in [2.75, 3.05) is 75.7 Å². The molecule has 12 aromatic rings. The van der Waals surface area contributed by atoms with Crippen molar-refractivity contribution < 1.29 is 107 Å². The zero-order chi connectivity index (χ0) is 92.7. The van der Waals surface area contributed by atoms with Crippen LogP contribution in [0.3, 0.4) is 0 Å². The first-order valence-corrected chi connectivity index (χ1v) is 45.9. The number of nitrogens with zero attached hydrogens (tertiary/aromatic N) is 9. The highest BCUT2D eigenvalue weighted by molar-refractivity contribution is 8.00. The number of hydrogen-bond acceptors (Lipinski definition) is 32. The molecule has 3 saturated heterocycles. The number of ether oxygens (including phenoxy) is 9. The fourth-order valence-corrected chi connectivity index (χ4v) is 20.2. The fraction of sp³-hybridized carbons (Fsp3) is 0.187. The molecule has 31 nitrogen and oxygen atoms in total. The van der Waals surface area contributed by atoms with Crippen molar-refractivity contribution in [3.05, 3.63) is 282 Å². The van der Waals surface area contributed by atoms with Gasteiger partial charge in [-0.05, 0) is 143 Å². The van der Waals surface area contributed by atoms with Gasteiger partial charge in [0, 0.05) is 62.9 Å². The van der Waals surface area contributed by atoms with Crippen molar-refractivity contribution in [1.82, 2.24) is 30.6 Å². The van der Waals surface area contributed by atoms with Gasteiger partial charge in [0.1, 0.15) is 74.2 Å². The summed E-state index contributed by atoms with van der Waals surface area (Å²) < 4.78 is 51.4. The third kappa shape index (κ3) is 21.8. The lowest BCUT2D eigenvalue weighted by Gasteiger charge is -2.23. The largest absolute Gasteiger partial charge is 0.507 e. The lowest BCUT2D eigenvalue weighted by atomic mass is 9.95. The number of fused-ring (bicyclic) bond motifs is 3. The summed E-state index contributed by atoms with van der Waals surface area (Å²) in [5.74, 6) is -1.19. The Labute approximate surface area is 786 Å². The van der Waals surface area contributed by atoms with Gasteiger partial charge in [0.05, 0.1) is 56.2 Å². The van der Waals surface area contributed by atoms with E-state index < -0.39 is 65.1 Å². The third-order valence-electron chi connectivity index (χ3n) is 19.8. The summed E-state index contributed by atoms with van der Waals surface area (Å²) in [5.41, 5.74) is 5.32. The zero-order valence-corrected chi connectivity index (χ0v) is 76.6. The van der Waals surface area contributed by atoms with Gasteiger partial charge in [-0.25, -0.2) is 0 Å². The Morgan fingerprint density at radius 3 is 0.832 bits per heavy atom. The first-order valence-electron chi connectivity index (χ1n) is 39.3. The van der Waals surface area contributed by atoms with Crippen LogP contribution in [0.5, 0.6) is 51.7 Å². The molecule has 3 aromatic heterocycles. The van der Waals surface area contributed by atoms with Crippen LogP contribution in [0.25, 0.3) is 17.3 Å². The molecular formula is C91H74Cl3N9O22S6. The fourth-order valence-electron chi connectivity index (χ4n) is 13.8. The summed E-state index contributed by atoms with van der Waals surface area (Å²) in [6.45, 7) is 4.51. The lowest BCUT2D eigenvalue weighted by Crippen LogP contribution is -2.29. The maximum absolute atomic E-state index is 13.5. The van der Waals surface area contributed by atoms with E-state index in [2.05, 4.69) is 30.6 Å². The van der Waals surface area contributed by atoms with Gasteiger partial charge in [-0.3, -0.25) is 53.1 Å². The number of Topliss-reactive ketones (excluding diaryl/α,β-unsaturated/α-hetero) is 3. The molecule has 40 heteroatoms. The molecule has 18 rings (SSSR count). The van der Waals surface area contributed by atoms with Gasteiger partial charge in [0.2, 0.25) is 15.4 Å². The Hall–Kier alpha value is -13.2. The van der Waals surface area contributed by atoms with Crippen LogP contribution in [0.15, 0.2) is 230 Å². The second-order valence-corrected chi connectivity index (χ2v) is 35.9. The van der Waals surface area contributed by atoms with Gasteiger partial charge in [-0.2, -0.15) is 0 Å². The number of thioether (sulfide) groups is 3. The molecule has 0 spiro atoms. The number of carbonyl (C=O) groups is 8. The Morgan fingerprint density at radius 2 is 0.595 bits per heavy atom. The smallest absolute Gasteiger partial charge is 0.301 e. The molecule has 672 valence electrons. The molecule has 5 N–H and O–H groups in total. The molecule has 0 aliphatic carbocycles. The number of aliphatic hydroxyl groups is 3. The van der Waals surface area contributed by atoms with Crippen LogP contribution >= 0.6 is 104 Å². The van der Waals surface area contributed by atoms with Crippen molar-refractivity contribution in [3.63, 3.8) is 0 Å². The summed E-state index contributed by atoms with van der Waals surface area (Å²) >= 11 is 26.7. The van der Waals surface area contributed by atoms with Gasteiger partial charge >= 0.3 is 17.7 Å². The number of rotatable bonds is 21. The summed E-state index contributed by atoms with van der Waals surface area (Å²) in [5, 5.41) is 77.4. The number of halogens is 3. The van der Waals surface area contributed by atoms with Crippen LogP contribution in [-0.2, 0) is 55.6 Å². The topological polar surface area (TPSA) is 408 Å². The Kier molecular flexibility index (Phi) is 30.8. The van der Waals surface area contributed by atoms with Crippen molar-refractivity contribution in [2.24, 2.45) is 0 Å². The first kappa shape index (κ1) is 93.9. The Morgan fingerprint density at radius 1 is 0.359 bits per heavy atom. The molecule has 6 aliphatic heterocycles. The number of benzene rings is 9. The molecule has 3 atom stereocenters. The van der Waals surface area contributed by atoms with E-state index in [1.165, 1.54) is 84.0 Å². The summed E-state index contributed by atoms with van der Waals surface area (Å²) in [6, 6.07) is 55.1. The Balaban J connectivity index is 0.000000152. The van der Waals surface area contributed by atoms with Crippen LogP contribution in [0.4, 0.5) is 15.4 Å². The van der Waals surface area contributed by atoms with Crippen LogP contribution in [0.1, 0.15) is 82.0 Å². The minimum absolute atomic E-state index is 0.0719. The van der Waals surface area contributed by atoms with Gasteiger partial charge in [-0.15, -0.1) is 30.6 Å². The molecule has 0 bridgehead atoms. The second kappa shape index (κ2) is 43.0. The third-order valence-corrected chi connectivity index (χ3v) is 27.2. The van der Waals surface area contributed by atoms with E-state index >= 15 is 0 Å². The van der Waals surface area contributed by atoms with Crippen LogP contribution in [0, 0.1) is 0 Å². The maximum Gasteiger partial charge on any atom is 0.301 e. The number of ketones is 3. The van der Waals surface area contributed by atoms with E-state index in [9.17, 15) is 44.1 Å². The van der Waals surface area contributed by atoms with E-state index in [0.29, 0.717) is 170 Å². The number of aromatic nitrogens is 6. The molecule has 9 aromatic carbocycles. The molecule has 3 unspecified atom stereocenters. The van der Waals surface area contributed by atoms with Gasteiger partial charge in [0.15, 0.2) is 47.5 Å². The lowest BCUT2D eigenvalue weighted by molar-refractivity contribution is -0.135. The van der Waals surface area contributed by atoms with E-state index in [-0.39, 0.29) is 49.4 Å². The molecule has 131 heavy (non-hydrogen) atoms. The monoisotopic (exact) mass is 1940 g/mol. The SMILES string of the molecule is CC(=O)O.CC(=O)O.COc1ccc(C2/C(=C(\O)c3ccc4c(c3)OCCO4)C(=O)C(=O)N2c2nnc(SCc3ccccc3Cl)s2)cc1.COc1ccc(C2/C(=C(\O)c3ccc4c(c3)OCCO4)C(=O)C(=O)N2c2nnc(SCc3ccccc3Cl)s2)cc1.COc1ccc(C2/C(=C(\O)c3ccc4c(c3)OCCO4)C(=O)C(=O)N2c2nnc(SCc3ccccc3Cl)s2)cc1. The quantitative estimate of drug-likeness (QED) is 0.0147. The van der Waals surface area contributed by atoms with Crippen LogP contribution < -0.4 is 57.3 Å².